The van der Waals surface area contributed by atoms with Crippen LogP contribution in [-0.2, 0) is 19.7 Å². The second-order valence-corrected chi connectivity index (χ2v) is 4.63. The van der Waals surface area contributed by atoms with Gasteiger partial charge in [0.1, 0.15) is 0 Å². The summed E-state index contributed by atoms with van der Waals surface area (Å²) < 4.78 is 30.7. The van der Waals surface area contributed by atoms with Crippen molar-refractivity contribution in [2.75, 3.05) is 5.75 Å². The molecule has 0 aliphatic carbocycles. The number of rotatable bonds is 4. The fraction of sp³-hybridized carbons (Fsp3) is 0.667. The second kappa shape index (κ2) is 7.65. The number of hydrogen-bond donors (Lipinski definition) is 1. The molecule has 1 unspecified atom stereocenters. The first-order chi connectivity index (χ1) is 6.25. The fourth-order valence-corrected chi connectivity index (χ4v) is 1.80. The average molecular weight is 299 g/mol. The van der Waals surface area contributed by atoms with E-state index in [1.165, 1.54) is 0 Å². The minimum Gasteiger partial charge on any atom is -0.748 e. The Labute approximate surface area is 178 Å². The molecule has 1 amide bonds. The third kappa shape index (κ3) is 5.84. The number of amides is 1. The van der Waals surface area contributed by atoms with Crippen LogP contribution >= 0.6 is 0 Å². The van der Waals surface area contributed by atoms with E-state index in [1.807, 2.05) is 5.32 Å². The number of nitrogens with one attached hydrogen (secondary N) is 1. The molecule has 1 atom stereocenters. The van der Waals surface area contributed by atoms with Gasteiger partial charge in [0.2, 0.25) is 5.91 Å². The topological polar surface area (TPSA) is 126 Å². The molecule has 0 aromatic carbocycles. The summed E-state index contributed by atoms with van der Waals surface area (Å²) in [7, 11) is -4.48. The monoisotopic (exact) mass is 299 g/mol. The number of carboxylic acids is 1. The van der Waals surface area contributed by atoms with Crippen LogP contribution in [0.5, 0.6) is 0 Å². The number of carboxylic acid groups (broad SMARTS) is 1. The second-order valence-electron chi connectivity index (χ2n) is 3.11. The van der Waals surface area contributed by atoms with Crippen LogP contribution in [0, 0.1) is 0 Å². The molecule has 0 aromatic rings. The normalized spacial score (nSPS) is 23.2. The van der Waals surface area contributed by atoms with Crippen LogP contribution < -0.4 is 113 Å². The summed E-state index contributed by atoms with van der Waals surface area (Å²) in [6.45, 7) is 0. The number of carbonyl (C=O) groups excluding carboxylic acids is 2. The zero-order chi connectivity index (χ0) is 11.0. The third-order valence-electron chi connectivity index (χ3n) is 2.01. The smallest absolute Gasteiger partial charge is 0.748 e. The third-order valence-corrected chi connectivity index (χ3v) is 2.71. The van der Waals surface area contributed by atoms with E-state index >= 15 is 0 Å². The summed E-state index contributed by atoms with van der Waals surface area (Å²) in [5.41, 5.74) is -1.67. The molecule has 1 heterocycles. The molecule has 1 N–H and O–H groups in total. The molecule has 0 bridgehead atoms. The van der Waals surface area contributed by atoms with Gasteiger partial charge in [-0.2, -0.15) is 0 Å². The van der Waals surface area contributed by atoms with Gasteiger partial charge in [-0.1, -0.05) is 0 Å². The first kappa shape index (κ1) is 20.4. The average Bonchev–Trinajstić information content (AvgIpc) is 1.93. The van der Waals surface area contributed by atoms with E-state index in [2.05, 4.69) is 0 Å². The quantitative estimate of drug-likeness (QED) is 0.312. The molecule has 0 saturated carbocycles. The molecule has 1 saturated heterocycles. The van der Waals surface area contributed by atoms with E-state index in [1.54, 1.807) is 0 Å². The molecule has 0 spiro atoms. The zero-order valence-corrected chi connectivity index (χ0v) is 16.0. The summed E-state index contributed by atoms with van der Waals surface area (Å²) in [5.74, 6) is -2.90. The molecular weight excluding hydrogens is 292 g/mol. The molecule has 0 radical (unpaired) electrons. The van der Waals surface area contributed by atoms with Gasteiger partial charge in [-0.15, -0.1) is 0 Å². The zero-order valence-electron chi connectivity index (χ0n) is 8.98. The predicted molar refractivity (Wildman–Crippen MR) is 39.7 cm³/mol. The number of aliphatic carboxylic acids is 1. The van der Waals surface area contributed by atoms with E-state index in [-0.39, 0.29) is 109 Å². The molecule has 16 heavy (non-hydrogen) atoms. The van der Waals surface area contributed by atoms with Crippen LogP contribution in [0.25, 0.3) is 0 Å². The van der Waals surface area contributed by atoms with Crippen LogP contribution in [0.2, 0.25) is 0 Å². The van der Waals surface area contributed by atoms with Crippen molar-refractivity contribution in [2.45, 2.75) is 18.4 Å². The fourth-order valence-electron chi connectivity index (χ4n) is 1.20. The van der Waals surface area contributed by atoms with Gasteiger partial charge in [0.25, 0.3) is 0 Å². The van der Waals surface area contributed by atoms with Crippen molar-refractivity contribution in [1.29, 1.82) is 0 Å². The number of carbonyl (C=O) groups is 2. The number of hydrogen-bond acceptors (Lipinski definition) is 6. The Bertz CT molecular complexity index is 372. The Balaban J connectivity index is 0. The molecule has 1 rings (SSSR count). The maximum Gasteiger partial charge on any atom is 1.00 e. The van der Waals surface area contributed by atoms with Crippen molar-refractivity contribution in [3.63, 3.8) is 0 Å². The molecule has 0 aromatic heterocycles. The molecule has 7 nitrogen and oxygen atoms in total. The van der Waals surface area contributed by atoms with Gasteiger partial charge in [-0.05, 0) is 6.42 Å². The Kier molecular flexibility index (Phi) is 9.77. The SMILES string of the molecule is O=C1CC(CCS(=O)(=O)[O-])(C(=O)[O-])N1.[K+].[K+]. The van der Waals surface area contributed by atoms with Crippen molar-refractivity contribution in [3.8, 4) is 0 Å². The minimum absolute atomic E-state index is 0. The van der Waals surface area contributed by atoms with Crippen LogP contribution in [-0.4, -0.2) is 36.1 Å². The Hall–Kier alpha value is 2.12. The maximum absolute atomic E-state index is 10.5. The van der Waals surface area contributed by atoms with Crippen LogP contribution in [0.4, 0.5) is 0 Å². The maximum atomic E-state index is 10.5. The summed E-state index contributed by atoms with van der Waals surface area (Å²) >= 11 is 0. The van der Waals surface area contributed by atoms with Crippen molar-refractivity contribution >= 4 is 22.0 Å². The molecule has 1 aliphatic rings. The van der Waals surface area contributed by atoms with Crippen LogP contribution in [0.1, 0.15) is 12.8 Å². The van der Waals surface area contributed by atoms with Gasteiger partial charge in [-0.25, -0.2) is 8.42 Å². The van der Waals surface area contributed by atoms with E-state index in [9.17, 15) is 27.7 Å². The first-order valence-electron chi connectivity index (χ1n) is 3.71. The Morgan fingerprint density at radius 3 is 2.12 bits per heavy atom. The van der Waals surface area contributed by atoms with Gasteiger partial charge in [0.05, 0.1) is 28.0 Å². The van der Waals surface area contributed by atoms with Gasteiger partial charge in [0.15, 0.2) is 0 Å². The number of β-lactam (4-membered cyclic amide) rings is 1. The molecule has 80 valence electrons. The Morgan fingerprint density at radius 2 is 1.88 bits per heavy atom. The predicted octanol–water partition coefficient (Wildman–Crippen LogP) is -9.06. The largest absolute Gasteiger partial charge is 1.00 e. The molecule has 10 heteroatoms. The van der Waals surface area contributed by atoms with Crippen molar-refractivity contribution in [3.05, 3.63) is 0 Å². The van der Waals surface area contributed by atoms with Crippen molar-refractivity contribution < 1.29 is 130 Å². The van der Waals surface area contributed by atoms with E-state index in [0.29, 0.717) is 0 Å². The van der Waals surface area contributed by atoms with Gasteiger partial charge >= 0.3 is 103 Å². The first-order valence-corrected chi connectivity index (χ1v) is 5.29. The van der Waals surface area contributed by atoms with E-state index in [4.69, 9.17) is 0 Å². The summed E-state index contributed by atoms with van der Waals surface area (Å²) in [6.07, 6.45) is -0.794. The molecular formula is C6H7K2NO6S. The minimum atomic E-state index is -4.48. The van der Waals surface area contributed by atoms with Crippen LogP contribution in [0.3, 0.4) is 0 Å². The van der Waals surface area contributed by atoms with Crippen molar-refractivity contribution in [2.24, 2.45) is 0 Å². The Morgan fingerprint density at radius 1 is 1.44 bits per heavy atom. The van der Waals surface area contributed by atoms with Gasteiger partial charge in [0, 0.05) is 5.75 Å². The van der Waals surface area contributed by atoms with Crippen molar-refractivity contribution in [1.82, 2.24) is 5.32 Å². The van der Waals surface area contributed by atoms with Crippen LogP contribution in [0.15, 0.2) is 0 Å². The molecule has 1 aliphatic heterocycles. The summed E-state index contributed by atoms with van der Waals surface area (Å²) in [5, 5.41) is 12.6. The van der Waals surface area contributed by atoms with Gasteiger partial charge in [-0.3, -0.25) is 4.79 Å². The molecule has 1 fully saturated rings. The van der Waals surface area contributed by atoms with Gasteiger partial charge < -0.3 is 19.8 Å². The van der Waals surface area contributed by atoms with E-state index in [0.717, 1.165) is 0 Å². The standard InChI is InChI=1S/C6H9NO6S.2K/c8-4-3-6(7-4,5(9)10)1-2-14(11,12)13;;/h1-3H2,(H,7,8)(H,9,10)(H,11,12,13);;/q;2*+1/p-2. The summed E-state index contributed by atoms with van der Waals surface area (Å²) in [6, 6.07) is 0. The van der Waals surface area contributed by atoms with E-state index < -0.39 is 39.7 Å². The summed E-state index contributed by atoms with van der Waals surface area (Å²) in [4.78, 5) is 21.1.